The fourth-order valence-electron chi connectivity index (χ4n) is 4.25. The third kappa shape index (κ3) is 5.26. The molecule has 1 atom stereocenters. The van der Waals surface area contributed by atoms with E-state index in [1.807, 2.05) is 16.8 Å². The van der Waals surface area contributed by atoms with E-state index >= 15 is 0 Å². The number of hydrogen-bond acceptors (Lipinski definition) is 8. The second kappa shape index (κ2) is 10.6. The average molecular weight is 452 g/mol. The first kappa shape index (κ1) is 23.0. The first-order valence-electron chi connectivity index (χ1n) is 11.3. The summed E-state index contributed by atoms with van der Waals surface area (Å²) in [5.74, 6) is 1.73. The number of ether oxygens (including phenoxy) is 2. The van der Waals surface area contributed by atoms with E-state index in [-0.39, 0.29) is 6.04 Å². The second-order valence-electron chi connectivity index (χ2n) is 8.36. The number of rotatable bonds is 9. The lowest BCUT2D eigenvalue weighted by Crippen LogP contribution is -2.48. The minimum Gasteiger partial charge on any atom is -0.497 e. The fourth-order valence-corrected chi connectivity index (χ4v) is 4.25. The van der Waals surface area contributed by atoms with Gasteiger partial charge in [0, 0.05) is 58.8 Å². The smallest absolute Gasteiger partial charge is 0.173 e. The summed E-state index contributed by atoms with van der Waals surface area (Å²) in [5.41, 5.74) is 3.57. The number of methoxy groups -OCH3 is 2. The predicted molar refractivity (Wildman–Crippen MR) is 129 cm³/mol. The zero-order valence-electron chi connectivity index (χ0n) is 19.9. The lowest BCUT2D eigenvalue weighted by molar-refractivity contribution is 0.172. The Morgan fingerprint density at radius 2 is 1.64 bits per heavy atom. The molecule has 1 aromatic heterocycles. The van der Waals surface area contributed by atoms with Crippen molar-refractivity contribution in [3.8, 4) is 5.75 Å². The van der Waals surface area contributed by atoms with Crippen molar-refractivity contribution in [3.05, 3.63) is 59.9 Å². The van der Waals surface area contributed by atoms with Gasteiger partial charge in [-0.1, -0.05) is 12.1 Å². The van der Waals surface area contributed by atoms with E-state index in [9.17, 15) is 0 Å². The zero-order valence-corrected chi connectivity index (χ0v) is 19.9. The minimum atomic E-state index is -0.0221. The quantitative estimate of drug-likeness (QED) is 0.491. The first-order valence-corrected chi connectivity index (χ1v) is 11.3. The van der Waals surface area contributed by atoms with Gasteiger partial charge < -0.3 is 19.3 Å². The van der Waals surface area contributed by atoms with Crippen molar-refractivity contribution >= 4 is 11.4 Å². The molecule has 0 bridgehead atoms. The van der Waals surface area contributed by atoms with Gasteiger partial charge in [0.15, 0.2) is 5.82 Å². The van der Waals surface area contributed by atoms with E-state index in [0.717, 1.165) is 37.8 Å². The van der Waals surface area contributed by atoms with Crippen molar-refractivity contribution in [2.24, 2.45) is 0 Å². The fraction of sp³-hybridized carbons (Fsp3) is 0.458. The topological polar surface area (TPSA) is 71.8 Å². The Balaban J connectivity index is 1.57. The van der Waals surface area contributed by atoms with Gasteiger partial charge in [0.25, 0.3) is 0 Å². The average Bonchev–Trinajstić information content (AvgIpc) is 3.31. The number of nitrogens with zero attached hydrogens (tertiary/aromatic N) is 7. The van der Waals surface area contributed by atoms with Gasteiger partial charge in [-0.25, -0.2) is 4.68 Å². The van der Waals surface area contributed by atoms with Crippen LogP contribution >= 0.6 is 0 Å². The molecule has 1 aliphatic heterocycles. The van der Waals surface area contributed by atoms with Gasteiger partial charge in [-0.2, -0.15) is 0 Å². The van der Waals surface area contributed by atoms with E-state index in [2.05, 4.69) is 80.7 Å². The molecule has 0 radical (unpaired) electrons. The lowest BCUT2D eigenvalue weighted by Gasteiger charge is -2.40. The largest absolute Gasteiger partial charge is 0.497 e. The summed E-state index contributed by atoms with van der Waals surface area (Å²) >= 11 is 0. The summed E-state index contributed by atoms with van der Waals surface area (Å²) in [7, 11) is 7.49. The van der Waals surface area contributed by atoms with Crippen LogP contribution in [0.15, 0.2) is 48.5 Å². The Kier molecular flexibility index (Phi) is 7.41. The van der Waals surface area contributed by atoms with Crippen LogP contribution in [0.3, 0.4) is 0 Å². The maximum atomic E-state index is 5.30. The molecule has 0 amide bonds. The molecule has 1 aliphatic rings. The molecule has 9 nitrogen and oxygen atoms in total. The van der Waals surface area contributed by atoms with Crippen LogP contribution in [0.2, 0.25) is 0 Å². The normalized spacial score (nSPS) is 15.5. The van der Waals surface area contributed by atoms with Crippen molar-refractivity contribution in [3.63, 3.8) is 0 Å². The zero-order chi connectivity index (χ0) is 23.2. The van der Waals surface area contributed by atoms with Crippen molar-refractivity contribution in [2.75, 3.05) is 70.9 Å². The lowest BCUT2D eigenvalue weighted by atomic mass is 10.0. The molecule has 4 rings (SSSR count). The molecule has 0 spiro atoms. The van der Waals surface area contributed by atoms with Crippen LogP contribution in [-0.2, 0) is 11.3 Å². The van der Waals surface area contributed by atoms with Crippen LogP contribution in [-0.4, -0.2) is 86.2 Å². The number of piperazine rings is 1. The van der Waals surface area contributed by atoms with E-state index in [1.165, 1.54) is 16.9 Å². The molecule has 33 heavy (non-hydrogen) atoms. The molecule has 176 valence electrons. The van der Waals surface area contributed by atoms with Crippen LogP contribution in [0.1, 0.15) is 17.4 Å². The van der Waals surface area contributed by atoms with E-state index in [1.54, 1.807) is 14.2 Å². The van der Waals surface area contributed by atoms with Crippen LogP contribution in [0.5, 0.6) is 5.75 Å². The summed E-state index contributed by atoms with van der Waals surface area (Å²) in [6.07, 6.45) is 0. The van der Waals surface area contributed by atoms with Gasteiger partial charge in [-0.05, 0) is 52.4 Å². The van der Waals surface area contributed by atoms with E-state index in [4.69, 9.17) is 9.47 Å². The number of tetrazole rings is 1. The van der Waals surface area contributed by atoms with Crippen LogP contribution < -0.4 is 14.5 Å². The Hall–Kier alpha value is -3.17. The standard InChI is InChI=1S/C24H33N7O2/c1-28(2)20-7-5-19(6-8-20)23(24-25-26-27-31(24)17-18-32-3)30-15-13-29(14-16-30)21-9-11-22(33-4)12-10-21/h5-12,23H,13-18H2,1-4H3. The molecule has 3 aromatic rings. The Morgan fingerprint density at radius 1 is 0.939 bits per heavy atom. The number of aromatic nitrogens is 4. The molecule has 9 heteroatoms. The van der Waals surface area contributed by atoms with Gasteiger partial charge in [0.05, 0.1) is 26.3 Å². The van der Waals surface area contributed by atoms with Crippen LogP contribution in [0.25, 0.3) is 0 Å². The highest BCUT2D eigenvalue weighted by molar-refractivity contribution is 5.50. The highest BCUT2D eigenvalue weighted by atomic mass is 16.5. The number of benzene rings is 2. The third-order valence-corrected chi connectivity index (χ3v) is 6.15. The van der Waals surface area contributed by atoms with Gasteiger partial charge in [-0.3, -0.25) is 4.90 Å². The number of hydrogen-bond donors (Lipinski definition) is 0. The molecule has 2 heterocycles. The SMILES string of the molecule is COCCn1nnnc1C(c1ccc(N(C)C)cc1)N1CCN(c2ccc(OC)cc2)CC1. The molecule has 0 aliphatic carbocycles. The van der Waals surface area contributed by atoms with Gasteiger partial charge in [0.2, 0.25) is 0 Å². The summed E-state index contributed by atoms with van der Waals surface area (Å²) in [5, 5.41) is 12.7. The molecular formula is C24H33N7O2. The molecule has 1 fully saturated rings. The van der Waals surface area contributed by atoms with Gasteiger partial charge in [0.1, 0.15) is 5.75 Å². The molecule has 1 unspecified atom stereocenters. The summed E-state index contributed by atoms with van der Waals surface area (Å²) in [4.78, 5) is 6.99. The minimum absolute atomic E-state index is 0.0221. The summed E-state index contributed by atoms with van der Waals surface area (Å²) < 4.78 is 12.4. The third-order valence-electron chi connectivity index (χ3n) is 6.15. The monoisotopic (exact) mass is 451 g/mol. The maximum absolute atomic E-state index is 5.30. The van der Waals surface area contributed by atoms with Crippen molar-refractivity contribution in [2.45, 2.75) is 12.6 Å². The Morgan fingerprint density at radius 3 is 2.24 bits per heavy atom. The maximum Gasteiger partial charge on any atom is 0.173 e. The van der Waals surface area contributed by atoms with E-state index in [0.29, 0.717) is 13.2 Å². The Labute approximate surface area is 195 Å². The molecule has 0 saturated carbocycles. The van der Waals surface area contributed by atoms with Crippen molar-refractivity contribution in [1.29, 1.82) is 0 Å². The van der Waals surface area contributed by atoms with Gasteiger partial charge >= 0.3 is 0 Å². The summed E-state index contributed by atoms with van der Waals surface area (Å²) in [6, 6.07) is 16.9. The first-order chi connectivity index (χ1) is 16.1. The highest BCUT2D eigenvalue weighted by Crippen LogP contribution is 2.30. The number of anilines is 2. The molecule has 2 aromatic carbocycles. The van der Waals surface area contributed by atoms with E-state index < -0.39 is 0 Å². The van der Waals surface area contributed by atoms with Crippen molar-refractivity contribution in [1.82, 2.24) is 25.1 Å². The Bertz CT molecular complexity index is 996. The van der Waals surface area contributed by atoms with Crippen LogP contribution in [0, 0.1) is 0 Å². The highest BCUT2D eigenvalue weighted by Gasteiger charge is 2.30. The molecular weight excluding hydrogens is 418 g/mol. The van der Waals surface area contributed by atoms with Crippen LogP contribution in [0.4, 0.5) is 11.4 Å². The molecule has 0 N–H and O–H groups in total. The van der Waals surface area contributed by atoms with Crippen molar-refractivity contribution < 1.29 is 9.47 Å². The predicted octanol–water partition coefficient (Wildman–Crippen LogP) is 2.31. The second-order valence-corrected chi connectivity index (χ2v) is 8.36. The molecule has 1 saturated heterocycles. The summed E-state index contributed by atoms with van der Waals surface area (Å²) in [6.45, 7) is 4.86. The van der Waals surface area contributed by atoms with Gasteiger partial charge in [-0.15, -0.1) is 5.10 Å².